The molecule has 0 saturated carbocycles. The van der Waals surface area contributed by atoms with Gasteiger partial charge in [-0.3, -0.25) is 5.32 Å². The molecule has 1 rings (SSSR count). The summed E-state index contributed by atoms with van der Waals surface area (Å²) >= 11 is 1.79. The number of rotatable bonds is 5. The van der Waals surface area contributed by atoms with Crippen molar-refractivity contribution in [3.05, 3.63) is 22.4 Å². The highest BCUT2D eigenvalue weighted by atomic mass is 32.1. The zero-order valence-corrected chi connectivity index (χ0v) is 8.73. The standard InChI is InChI=1S/C11H15NS/c1-3-6-10(12-8-4-2)11-7-5-9-13-11/h2,5,7,9-10,12H,3,6,8H2,1H3. The quantitative estimate of drug-likeness (QED) is 0.709. The van der Waals surface area contributed by atoms with Crippen molar-refractivity contribution in [2.24, 2.45) is 0 Å². The Kier molecular flexibility index (Phi) is 4.59. The van der Waals surface area contributed by atoms with Gasteiger partial charge in [-0.1, -0.05) is 25.3 Å². The summed E-state index contributed by atoms with van der Waals surface area (Å²) in [6.45, 7) is 2.85. The molecule has 0 bridgehead atoms. The van der Waals surface area contributed by atoms with Crippen molar-refractivity contribution in [3.8, 4) is 12.3 Å². The van der Waals surface area contributed by atoms with E-state index in [4.69, 9.17) is 6.42 Å². The Morgan fingerprint density at radius 1 is 1.69 bits per heavy atom. The van der Waals surface area contributed by atoms with Crippen LogP contribution in [0, 0.1) is 12.3 Å². The topological polar surface area (TPSA) is 12.0 Å². The molecule has 0 fully saturated rings. The maximum absolute atomic E-state index is 5.22. The van der Waals surface area contributed by atoms with E-state index in [0.717, 1.165) is 6.42 Å². The second-order valence-electron chi connectivity index (χ2n) is 2.94. The first-order valence-electron chi connectivity index (χ1n) is 4.58. The predicted octanol–water partition coefficient (Wildman–Crippen LogP) is 2.81. The minimum atomic E-state index is 0.445. The largest absolute Gasteiger partial charge is 0.299 e. The lowest BCUT2D eigenvalue weighted by atomic mass is 10.1. The van der Waals surface area contributed by atoms with Crippen molar-refractivity contribution in [2.45, 2.75) is 25.8 Å². The summed E-state index contributed by atoms with van der Waals surface area (Å²) in [5.41, 5.74) is 0. The van der Waals surface area contributed by atoms with Gasteiger partial charge < -0.3 is 0 Å². The molecule has 0 amide bonds. The molecular formula is C11H15NS. The number of thiophene rings is 1. The van der Waals surface area contributed by atoms with Crippen molar-refractivity contribution in [2.75, 3.05) is 6.54 Å². The molecule has 0 saturated heterocycles. The Bertz CT molecular complexity index is 258. The van der Waals surface area contributed by atoms with Crippen molar-refractivity contribution in [3.63, 3.8) is 0 Å². The third-order valence-corrected chi connectivity index (χ3v) is 2.90. The molecule has 70 valence electrons. The van der Waals surface area contributed by atoms with Crippen molar-refractivity contribution in [1.82, 2.24) is 5.32 Å². The summed E-state index contributed by atoms with van der Waals surface area (Å²) in [5, 5.41) is 5.45. The summed E-state index contributed by atoms with van der Waals surface area (Å²) in [5.74, 6) is 2.61. The second kappa shape index (κ2) is 5.80. The summed E-state index contributed by atoms with van der Waals surface area (Å²) in [7, 11) is 0. The lowest BCUT2D eigenvalue weighted by Gasteiger charge is -2.14. The molecule has 13 heavy (non-hydrogen) atoms. The van der Waals surface area contributed by atoms with E-state index in [1.807, 2.05) is 0 Å². The monoisotopic (exact) mass is 193 g/mol. The molecule has 1 atom stereocenters. The fraction of sp³-hybridized carbons (Fsp3) is 0.455. The molecule has 1 aromatic rings. The van der Waals surface area contributed by atoms with E-state index >= 15 is 0 Å². The molecular weight excluding hydrogens is 178 g/mol. The first kappa shape index (κ1) is 10.3. The smallest absolute Gasteiger partial charge is 0.0578 e. The zero-order valence-electron chi connectivity index (χ0n) is 7.92. The van der Waals surface area contributed by atoms with Gasteiger partial charge in [0.15, 0.2) is 0 Å². The Hall–Kier alpha value is -0.780. The van der Waals surface area contributed by atoms with Crippen LogP contribution in [0.25, 0.3) is 0 Å². The first-order chi connectivity index (χ1) is 6.38. The van der Waals surface area contributed by atoms with E-state index < -0.39 is 0 Å². The molecule has 0 aliphatic heterocycles. The van der Waals surface area contributed by atoms with Crippen LogP contribution < -0.4 is 5.32 Å². The van der Waals surface area contributed by atoms with E-state index in [1.165, 1.54) is 11.3 Å². The third-order valence-electron chi connectivity index (χ3n) is 1.91. The second-order valence-corrected chi connectivity index (χ2v) is 3.92. The predicted molar refractivity (Wildman–Crippen MR) is 58.8 cm³/mol. The first-order valence-corrected chi connectivity index (χ1v) is 5.46. The SMILES string of the molecule is C#CCNC(CCC)c1cccs1. The van der Waals surface area contributed by atoms with Crippen molar-refractivity contribution >= 4 is 11.3 Å². The van der Waals surface area contributed by atoms with Crippen molar-refractivity contribution < 1.29 is 0 Å². The van der Waals surface area contributed by atoms with Gasteiger partial charge in [-0.25, -0.2) is 0 Å². The Morgan fingerprint density at radius 3 is 3.08 bits per heavy atom. The molecule has 1 aromatic heterocycles. The van der Waals surface area contributed by atoms with Crippen LogP contribution in [0.3, 0.4) is 0 Å². The van der Waals surface area contributed by atoms with Gasteiger partial charge in [0.1, 0.15) is 0 Å². The third kappa shape index (κ3) is 3.22. The molecule has 1 nitrogen and oxygen atoms in total. The van der Waals surface area contributed by atoms with Crippen LogP contribution in [0.15, 0.2) is 17.5 Å². The minimum absolute atomic E-state index is 0.445. The average Bonchev–Trinajstić information content (AvgIpc) is 2.65. The van der Waals surface area contributed by atoms with E-state index in [-0.39, 0.29) is 0 Å². The van der Waals surface area contributed by atoms with Gasteiger partial charge in [-0.05, 0) is 17.9 Å². The molecule has 0 aromatic carbocycles. The number of terminal acetylenes is 1. The number of hydrogen-bond donors (Lipinski definition) is 1. The van der Waals surface area contributed by atoms with Crippen LogP contribution in [0.4, 0.5) is 0 Å². The van der Waals surface area contributed by atoms with Crippen LogP contribution in [-0.4, -0.2) is 6.54 Å². The highest BCUT2D eigenvalue weighted by Gasteiger charge is 2.09. The number of hydrogen-bond acceptors (Lipinski definition) is 2. The summed E-state index contributed by atoms with van der Waals surface area (Å²) in [6, 6.07) is 4.69. The fourth-order valence-corrected chi connectivity index (χ4v) is 2.14. The molecule has 0 aliphatic carbocycles. The van der Waals surface area contributed by atoms with E-state index in [1.54, 1.807) is 11.3 Å². The number of nitrogens with one attached hydrogen (secondary N) is 1. The highest BCUT2D eigenvalue weighted by molar-refractivity contribution is 7.10. The van der Waals surface area contributed by atoms with E-state index in [2.05, 4.69) is 35.7 Å². The summed E-state index contributed by atoms with van der Waals surface area (Å²) < 4.78 is 0. The van der Waals surface area contributed by atoms with Gasteiger partial charge in [-0.15, -0.1) is 17.8 Å². The molecule has 0 aliphatic rings. The average molecular weight is 193 g/mol. The van der Waals surface area contributed by atoms with Gasteiger partial charge in [-0.2, -0.15) is 0 Å². The van der Waals surface area contributed by atoms with Crippen LogP contribution in [-0.2, 0) is 0 Å². The summed E-state index contributed by atoms with van der Waals surface area (Å²) in [4.78, 5) is 1.39. The highest BCUT2D eigenvalue weighted by Crippen LogP contribution is 2.22. The minimum Gasteiger partial charge on any atom is -0.299 e. The molecule has 1 heterocycles. The van der Waals surface area contributed by atoms with Gasteiger partial charge in [0, 0.05) is 10.9 Å². The van der Waals surface area contributed by atoms with Crippen LogP contribution in [0.1, 0.15) is 30.7 Å². The summed E-state index contributed by atoms with van der Waals surface area (Å²) in [6.07, 6.45) is 7.55. The zero-order chi connectivity index (χ0) is 9.52. The molecule has 0 radical (unpaired) electrons. The molecule has 2 heteroatoms. The van der Waals surface area contributed by atoms with Crippen LogP contribution >= 0.6 is 11.3 Å². The van der Waals surface area contributed by atoms with E-state index in [9.17, 15) is 0 Å². The lowest BCUT2D eigenvalue weighted by Crippen LogP contribution is -2.20. The van der Waals surface area contributed by atoms with Gasteiger partial charge >= 0.3 is 0 Å². The Labute approximate surface area is 84.2 Å². The Balaban J connectivity index is 2.53. The molecule has 1 unspecified atom stereocenters. The lowest BCUT2D eigenvalue weighted by molar-refractivity contribution is 0.532. The maximum atomic E-state index is 5.22. The van der Waals surface area contributed by atoms with Crippen molar-refractivity contribution in [1.29, 1.82) is 0 Å². The van der Waals surface area contributed by atoms with E-state index in [0.29, 0.717) is 12.6 Å². The van der Waals surface area contributed by atoms with Crippen LogP contribution in [0.2, 0.25) is 0 Å². The normalized spacial score (nSPS) is 12.3. The maximum Gasteiger partial charge on any atom is 0.0578 e. The van der Waals surface area contributed by atoms with Gasteiger partial charge in [0.2, 0.25) is 0 Å². The molecule has 0 spiro atoms. The van der Waals surface area contributed by atoms with Crippen LogP contribution in [0.5, 0.6) is 0 Å². The molecule has 1 N–H and O–H groups in total. The van der Waals surface area contributed by atoms with Gasteiger partial charge in [0.25, 0.3) is 0 Å². The Morgan fingerprint density at radius 2 is 2.54 bits per heavy atom. The fourth-order valence-electron chi connectivity index (χ4n) is 1.31. The van der Waals surface area contributed by atoms with Gasteiger partial charge in [0.05, 0.1) is 6.54 Å².